The molecule has 0 unspecified atom stereocenters. The van der Waals surface area contributed by atoms with Crippen LogP contribution in [-0.4, -0.2) is 10.9 Å². The molecule has 0 saturated carbocycles. The molecule has 1 aromatic carbocycles. The Morgan fingerprint density at radius 3 is 2.44 bits per heavy atom. The molecule has 0 atom stereocenters. The Hall–Kier alpha value is -2.16. The van der Waals surface area contributed by atoms with Crippen molar-refractivity contribution in [2.24, 2.45) is 0 Å². The first-order valence-electron chi connectivity index (χ1n) is 5.91. The van der Waals surface area contributed by atoms with Crippen molar-refractivity contribution in [1.82, 2.24) is 4.98 Å². The van der Waals surface area contributed by atoms with Gasteiger partial charge in [0.15, 0.2) is 0 Å². The quantitative estimate of drug-likeness (QED) is 0.896. The summed E-state index contributed by atoms with van der Waals surface area (Å²) < 4.78 is 0. The van der Waals surface area contributed by atoms with Crippen molar-refractivity contribution in [3.05, 3.63) is 59.4 Å². The summed E-state index contributed by atoms with van der Waals surface area (Å²) in [6, 6.07) is 11.6. The number of anilines is 1. The Bertz CT molecular complexity index is 480. The zero-order chi connectivity index (χ0) is 13.0. The summed E-state index contributed by atoms with van der Waals surface area (Å²) in [5, 5.41) is 2.87. The largest absolute Gasteiger partial charge is 0.326 e. The minimum atomic E-state index is -0.0236. The standard InChI is InChI=1S/C15H16N2O/c1-11-3-7-14(8-4-11)17-15(18)9-13-6-5-12(2)16-10-13/h3-8,10H,9H2,1-2H3,(H,17,18). The van der Waals surface area contributed by atoms with Gasteiger partial charge in [0.1, 0.15) is 0 Å². The molecule has 0 saturated heterocycles. The van der Waals surface area contributed by atoms with Gasteiger partial charge in [0.25, 0.3) is 0 Å². The maximum absolute atomic E-state index is 11.8. The van der Waals surface area contributed by atoms with E-state index in [0.29, 0.717) is 6.42 Å². The first-order valence-corrected chi connectivity index (χ1v) is 5.91. The molecule has 0 aliphatic heterocycles. The van der Waals surface area contributed by atoms with Crippen molar-refractivity contribution in [3.63, 3.8) is 0 Å². The number of carbonyl (C=O) groups is 1. The van der Waals surface area contributed by atoms with Crippen molar-refractivity contribution in [3.8, 4) is 0 Å². The average Bonchev–Trinajstić information content (AvgIpc) is 2.35. The molecular formula is C15H16N2O. The van der Waals surface area contributed by atoms with E-state index in [0.717, 1.165) is 16.9 Å². The second kappa shape index (κ2) is 5.45. The highest BCUT2D eigenvalue weighted by molar-refractivity contribution is 5.92. The summed E-state index contributed by atoms with van der Waals surface area (Å²) in [6.45, 7) is 3.94. The Morgan fingerprint density at radius 2 is 1.83 bits per heavy atom. The lowest BCUT2D eigenvalue weighted by Crippen LogP contribution is -2.14. The molecule has 0 aliphatic carbocycles. The fourth-order valence-electron chi connectivity index (χ4n) is 1.63. The number of hydrogen-bond acceptors (Lipinski definition) is 2. The molecule has 0 aliphatic rings. The lowest BCUT2D eigenvalue weighted by Gasteiger charge is -2.05. The fourth-order valence-corrected chi connectivity index (χ4v) is 1.63. The maximum Gasteiger partial charge on any atom is 0.228 e. The highest BCUT2D eigenvalue weighted by Gasteiger charge is 2.04. The lowest BCUT2D eigenvalue weighted by molar-refractivity contribution is -0.115. The zero-order valence-corrected chi connectivity index (χ0v) is 10.6. The smallest absolute Gasteiger partial charge is 0.228 e. The number of carbonyl (C=O) groups excluding carboxylic acids is 1. The number of rotatable bonds is 3. The van der Waals surface area contributed by atoms with Crippen molar-refractivity contribution in [2.45, 2.75) is 20.3 Å². The second-order valence-electron chi connectivity index (χ2n) is 4.40. The van der Waals surface area contributed by atoms with Crippen LogP contribution < -0.4 is 5.32 Å². The molecule has 0 radical (unpaired) electrons. The summed E-state index contributed by atoms with van der Waals surface area (Å²) in [5.41, 5.74) is 3.88. The number of amides is 1. The van der Waals surface area contributed by atoms with Crippen LogP contribution in [0.4, 0.5) is 5.69 Å². The molecule has 1 amide bonds. The van der Waals surface area contributed by atoms with Crippen molar-refractivity contribution >= 4 is 11.6 Å². The SMILES string of the molecule is Cc1ccc(NC(=O)Cc2ccc(C)nc2)cc1. The number of aryl methyl sites for hydroxylation is 2. The molecule has 2 aromatic rings. The van der Waals surface area contributed by atoms with Crippen LogP contribution in [0.3, 0.4) is 0 Å². The summed E-state index contributed by atoms with van der Waals surface area (Å²) in [7, 11) is 0. The third-order valence-electron chi connectivity index (χ3n) is 2.67. The third kappa shape index (κ3) is 3.42. The van der Waals surface area contributed by atoms with Gasteiger partial charge in [-0.15, -0.1) is 0 Å². The van der Waals surface area contributed by atoms with Crippen molar-refractivity contribution < 1.29 is 4.79 Å². The molecule has 3 heteroatoms. The van der Waals surface area contributed by atoms with Crippen molar-refractivity contribution in [1.29, 1.82) is 0 Å². The minimum absolute atomic E-state index is 0.0236. The lowest BCUT2D eigenvalue weighted by atomic mass is 10.2. The molecule has 0 fully saturated rings. The van der Waals surface area contributed by atoms with E-state index in [1.165, 1.54) is 5.56 Å². The van der Waals surface area contributed by atoms with Crippen LogP contribution in [0, 0.1) is 13.8 Å². The normalized spacial score (nSPS) is 10.1. The van der Waals surface area contributed by atoms with Gasteiger partial charge in [-0.3, -0.25) is 9.78 Å². The van der Waals surface area contributed by atoms with Gasteiger partial charge in [-0.2, -0.15) is 0 Å². The molecule has 18 heavy (non-hydrogen) atoms. The Morgan fingerprint density at radius 1 is 1.11 bits per heavy atom. The number of nitrogens with one attached hydrogen (secondary N) is 1. The highest BCUT2D eigenvalue weighted by atomic mass is 16.1. The van der Waals surface area contributed by atoms with E-state index in [9.17, 15) is 4.79 Å². The molecule has 3 nitrogen and oxygen atoms in total. The van der Waals surface area contributed by atoms with Gasteiger partial charge in [0, 0.05) is 17.6 Å². The van der Waals surface area contributed by atoms with E-state index >= 15 is 0 Å². The first kappa shape index (κ1) is 12.3. The van der Waals surface area contributed by atoms with E-state index in [2.05, 4.69) is 10.3 Å². The van der Waals surface area contributed by atoms with Gasteiger partial charge < -0.3 is 5.32 Å². The Kier molecular flexibility index (Phi) is 3.72. The van der Waals surface area contributed by atoms with Gasteiger partial charge in [0.05, 0.1) is 6.42 Å². The number of hydrogen-bond donors (Lipinski definition) is 1. The highest BCUT2D eigenvalue weighted by Crippen LogP contribution is 2.09. The van der Waals surface area contributed by atoms with Crippen LogP contribution in [-0.2, 0) is 11.2 Å². The van der Waals surface area contributed by atoms with Crippen LogP contribution in [0.2, 0.25) is 0 Å². The first-order chi connectivity index (χ1) is 8.63. The van der Waals surface area contributed by atoms with Gasteiger partial charge >= 0.3 is 0 Å². The van der Waals surface area contributed by atoms with E-state index in [4.69, 9.17) is 0 Å². The van der Waals surface area contributed by atoms with E-state index in [1.54, 1.807) is 6.20 Å². The van der Waals surface area contributed by atoms with E-state index in [1.807, 2.05) is 50.2 Å². The Labute approximate surface area is 107 Å². The number of benzene rings is 1. The molecular weight excluding hydrogens is 224 g/mol. The van der Waals surface area contributed by atoms with Gasteiger partial charge in [0.2, 0.25) is 5.91 Å². The monoisotopic (exact) mass is 240 g/mol. The van der Waals surface area contributed by atoms with E-state index in [-0.39, 0.29) is 5.91 Å². The molecule has 1 aromatic heterocycles. The Balaban J connectivity index is 1.96. The van der Waals surface area contributed by atoms with Crippen LogP contribution >= 0.6 is 0 Å². The molecule has 1 heterocycles. The summed E-state index contributed by atoms with van der Waals surface area (Å²) in [6.07, 6.45) is 2.09. The summed E-state index contributed by atoms with van der Waals surface area (Å²) in [5.74, 6) is -0.0236. The average molecular weight is 240 g/mol. The summed E-state index contributed by atoms with van der Waals surface area (Å²) >= 11 is 0. The molecule has 1 N–H and O–H groups in total. The van der Waals surface area contributed by atoms with Gasteiger partial charge in [-0.05, 0) is 37.6 Å². The molecule has 92 valence electrons. The summed E-state index contributed by atoms with van der Waals surface area (Å²) in [4.78, 5) is 16.0. The fraction of sp³-hybridized carbons (Fsp3) is 0.200. The van der Waals surface area contributed by atoms with Gasteiger partial charge in [-0.1, -0.05) is 23.8 Å². The maximum atomic E-state index is 11.8. The third-order valence-corrected chi connectivity index (χ3v) is 2.67. The zero-order valence-electron chi connectivity index (χ0n) is 10.6. The predicted octanol–water partition coefficient (Wildman–Crippen LogP) is 2.88. The van der Waals surface area contributed by atoms with Gasteiger partial charge in [-0.25, -0.2) is 0 Å². The van der Waals surface area contributed by atoms with Crippen LogP contribution in [0.15, 0.2) is 42.6 Å². The van der Waals surface area contributed by atoms with Crippen molar-refractivity contribution in [2.75, 3.05) is 5.32 Å². The van der Waals surface area contributed by atoms with Crippen LogP contribution in [0.25, 0.3) is 0 Å². The number of pyridine rings is 1. The van der Waals surface area contributed by atoms with Crippen LogP contribution in [0.5, 0.6) is 0 Å². The molecule has 0 bridgehead atoms. The van der Waals surface area contributed by atoms with E-state index < -0.39 is 0 Å². The molecule has 0 spiro atoms. The second-order valence-corrected chi connectivity index (χ2v) is 4.40. The number of nitrogens with zero attached hydrogens (tertiary/aromatic N) is 1. The molecule has 2 rings (SSSR count). The minimum Gasteiger partial charge on any atom is -0.326 e. The topological polar surface area (TPSA) is 42.0 Å². The van der Waals surface area contributed by atoms with Crippen LogP contribution in [0.1, 0.15) is 16.8 Å². The number of aromatic nitrogens is 1. The predicted molar refractivity (Wildman–Crippen MR) is 72.5 cm³/mol.